The Bertz CT molecular complexity index is 659. The lowest BCUT2D eigenvalue weighted by molar-refractivity contribution is -0.124. The van der Waals surface area contributed by atoms with Crippen molar-refractivity contribution in [2.24, 2.45) is 0 Å². The number of anilines is 1. The van der Waals surface area contributed by atoms with Crippen molar-refractivity contribution in [1.82, 2.24) is 9.78 Å². The molecule has 1 unspecified atom stereocenters. The molecule has 0 aliphatic heterocycles. The third-order valence-corrected chi connectivity index (χ3v) is 3.20. The molecule has 0 bridgehead atoms. The van der Waals surface area contributed by atoms with Crippen molar-refractivity contribution >= 4 is 11.6 Å². The number of hydrogen-bond acceptors (Lipinski definition) is 4. The number of rotatable bonds is 4. The van der Waals surface area contributed by atoms with Crippen molar-refractivity contribution in [1.29, 1.82) is 0 Å². The van der Waals surface area contributed by atoms with E-state index in [2.05, 4.69) is 10.4 Å². The number of aromatic nitrogens is 2. The first-order chi connectivity index (χ1) is 10.3. The molecule has 1 aromatic heterocycles. The number of methoxy groups -OCH3 is 1. The number of ether oxygens (including phenoxy) is 1. The van der Waals surface area contributed by atoms with Crippen LogP contribution in [-0.4, -0.2) is 27.9 Å². The van der Waals surface area contributed by atoms with Crippen LogP contribution in [0.3, 0.4) is 0 Å². The van der Waals surface area contributed by atoms with Gasteiger partial charge in [-0.05, 0) is 38.5 Å². The predicted octanol–water partition coefficient (Wildman–Crippen LogP) is 2.32. The zero-order valence-corrected chi connectivity index (χ0v) is 13.2. The van der Waals surface area contributed by atoms with E-state index in [-0.39, 0.29) is 5.54 Å². The molecule has 1 aromatic carbocycles. The number of carbonyl (C=O) groups excluding carboxylic acids is 1. The number of amides is 1. The molecule has 1 heterocycles. The summed E-state index contributed by atoms with van der Waals surface area (Å²) in [5.74, 6) is 0.0756. The Balaban J connectivity index is 2.09. The molecule has 1 amide bonds. The number of nitrogens with zero attached hydrogens (tertiary/aromatic N) is 2. The molecular formula is C16H21N3O3. The largest absolute Gasteiger partial charge is 0.497 e. The third-order valence-electron chi connectivity index (χ3n) is 3.20. The summed E-state index contributed by atoms with van der Waals surface area (Å²) in [6.07, 6.45) is 2.02. The second-order valence-corrected chi connectivity index (χ2v) is 6.01. The topological polar surface area (TPSA) is 76.4 Å². The van der Waals surface area contributed by atoms with Crippen LogP contribution in [0.25, 0.3) is 0 Å². The fourth-order valence-electron chi connectivity index (χ4n) is 1.93. The van der Waals surface area contributed by atoms with Gasteiger partial charge in [-0.25, -0.2) is 0 Å². The van der Waals surface area contributed by atoms with Gasteiger partial charge in [0.2, 0.25) is 0 Å². The molecule has 0 aliphatic carbocycles. The van der Waals surface area contributed by atoms with Crippen molar-refractivity contribution in [3.05, 3.63) is 42.2 Å². The smallest absolute Gasteiger partial charge is 0.257 e. The maximum atomic E-state index is 12.1. The quantitative estimate of drug-likeness (QED) is 0.909. The summed E-state index contributed by atoms with van der Waals surface area (Å²) in [5, 5.41) is 17.0. The number of benzene rings is 1. The summed E-state index contributed by atoms with van der Waals surface area (Å²) in [7, 11) is 1.53. The Labute approximate surface area is 129 Å². The van der Waals surface area contributed by atoms with Crippen LogP contribution in [0.4, 0.5) is 5.69 Å². The molecule has 6 heteroatoms. The standard InChI is InChI=1S/C16H21N3O3/c1-16(2,3)19-10-12(9-17-19)18-15(21)14(20)11-6-5-7-13(8-11)22-4/h5-10,14,20H,1-4H3,(H,18,21). The lowest BCUT2D eigenvalue weighted by Gasteiger charge is -2.18. The van der Waals surface area contributed by atoms with Crippen LogP contribution in [0.5, 0.6) is 5.75 Å². The zero-order chi connectivity index (χ0) is 16.3. The molecule has 118 valence electrons. The molecule has 2 rings (SSSR count). The van der Waals surface area contributed by atoms with Crippen LogP contribution in [0.1, 0.15) is 32.4 Å². The van der Waals surface area contributed by atoms with Crippen molar-refractivity contribution < 1.29 is 14.6 Å². The van der Waals surface area contributed by atoms with E-state index in [1.165, 1.54) is 7.11 Å². The van der Waals surface area contributed by atoms with E-state index in [0.717, 1.165) is 0 Å². The first-order valence-electron chi connectivity index (χ1n) is 6.99. The van der Waals surface area contributed by atoms with Crippen LogP contribution in [-0.2, 0) is 10.3 Å². The highest BCUT2D eigenvalue weighted by atomic mass is 16.5. The molecule has 0 fully saturated rings. The summed E-state index contributed by atoms with van der Waals surface area (Å²) in [5.41, 5.74) is 0.843. The van der Waals surface area contributed by atoms with E-state index in [1.54, 1.807) is 41.3 Å². The van der Waals surface area contributed by atoms with Crippen LogP contribution in [0.2, 0.25) is 0 Å². The van der Waals surface area contributed by atoms with Gasteiger partial charge < -0.3 is 15.2 Å². The molecule has 2 N–H and O–H groups in total. The summed E-state index contributed by atoms with van der Waals surface area (Å²) in [4.78, 5) is 12.1. The normalized spacial score (nSPS) is 12.8. The lowest BCUT2D eigenvalue weighted by atomic mass is 10.1. The van der Waals surface area contributed by atoms with E-state index in [4.69, 9.17) is 4.74 Å². The predicted molar refractivity (Wildman–Crippen MR) is 83.8 cm³/mol. The Morgan fingerprint density at radius 1 is 1.41 bits per heavy atom. The molecule has 0 saturated heterocycles. The lowest BCUT2D eigenvalue weighted by Crippen LogP contribution is -2.22. The van der Waals surface area contributed by atoms with Gasteiger partial charge in [-0.1, -0.05) is 12.1 Å². The van der Waals surface area contributed by atoms with E-state index in [9.17, 15) is 9.90 Å². The molecule has 6 nitrogen and oxygen atoms in total. The van der Waals surface area contributed by atoms with E-state index in [1.807, 2.05) is 20.8 Å². The highest BCUT2D eigenvalue weighted by Crippen LogP contribution is 2.21. The number of nitrogens with one attached hydrogen (secondary N) is 1. The molecule has 0 radical (unpaired) electrons. The fourth-order valence-corrected chi connectivity index (χ4v) is 1.93. The van der Waals surface area contributed by atoms with Gasteiger partial charge in [0, 0.05) is 6.20 Å². The first-order valence-corrected chi connectivity index (χ1v) is 6.99. The monoisotopic (exact) mass is 303 g/mol. The number of hydrogen-bond donors (Lipinski definition) is 2. The third kappa shape index (κ3) is 3.65. The number of aliphatic hydroxyl groups is 1. The molecular weight excluding hydrogens is 282 g/mol. The molecule has 1 atom stereocenters. The Kier molecular flexibility index (Phi) is 4.51. The second-order valence-electron chi connectivity index (χ2n) is 6.01. The summed E-state index contributed by atoms with van der Waals surface area (Å²) >= 11 is 0. The van der Waals surface area contributed by atoms with Crippen molar-refractivity contribution in [3.8, 4) is 5.75 Å². The van der Waals surface area contributed by atoms with Gasteiger partial charge in [0.1, 0.15) is 5.75 Å². The van der Waals surface area contributed by atoms with E-state index >= 15 is 0 Å². The highest BCUT2D eigenvalue weighted by Gasteiger charge is 2.20. The number of aliphatic hydroxyl groups excluding tert-OH is 1. The Hall–Kier alpha value is -2.34. The Morgan fingerprint density at radius 3 is 2.73 bits per heavy atom. The van der Waals surface area contributed by atoms with Gasteiger partial charge in [0.25, 0.3) is 5.91 Å². The fraction of sp³-hybridized carbons (Fsp3) is 0.375. The molecule has 22 heavy (non-hydrogen) atoms. The summed E-state index contributed by atoms with van der Waals surface area (Å²) < 4.78 is 6.84. The van der Waals surface area contributed by atoms with Gasteiger partial charge in [-0.2, -0.15) is 5.10 Å². The molecule has 0 aliphatic rings. The SMILES string of the molecule is COc1cccc(C(O)C(=O)Nc2cnn(C(C)(C)C)c2)c1. The highest BCUT2D eigenvalue weighted by molar-refractivity contribution is 5.94. The van der Waals surface area contributed by atoms with E-state index in [0.29, 0.717) is 17.0 Å². The maximum absolute atomic E-state index is 12.1. The van der Waals surface area contributed by atoms with Crippen LogP contribution in [0.15, 0.2) is 36.7 Å². The van der Waals surface area contributed by atoms with Gasteiger partial charge in [-0.3, -0.25) is 9.48 Å². The van der Waals surface area contributed by atoms with Crippen LogP contribution < -0.4 is 10.1 Å². The Morgan fingerprint density at radius 2 is 2.14 bits per heavy atom. The number of carbonyl (C=O) groups is 1. The second kappa shape index (κ2) is 6.19. The minimum atomic E-state index is -1.27. The van der Waals surface area contributed by atoms with Crippen LogP contribution >= 0.6 is 0 Å². The van der Waals surface area contributed by atoms with E-state index < -0.39 is 12.0 Å². The van der Waals surface area contributed by atoms with Crippen molar-refractivity contribution in [3.63, 3.8) is 0 Å². The minimum absolute atomic E-state index is 0.172. The van der Waals surface area contributed by atoms with Gasteiger partial charge >= 0.3 is 0 Å². The van der Waals surface area contributed by atoms with Gasteiger partial charge in [-0.15, -0.1) is 0 Å². The maximum Gasteiger partial charge on any atom is 0.257 e. The van der Waals surface area contributed by atoms with Crippen molar-refractivity contribution in [2.75, 3.05) is 12.4 Å². The summed E-state index contributed by atoms with van der Waals surface area (Å²) in [6, 6.07) is 6.78. The molecule has 2 aromatic rings. The van der Waals surface area contributed by atoms with Crippen molar-refractivity contribution in [2.45, 2.75) is 32.4 Å². The molecule has 0 spiro atoms. The first kappa shape index (κ1) is 16.0. The summed E-state index contributed by atoms with van der Waals surface area (Å²) in [6.45, 7) is 6.03. The van der Waals surface area contributed by atoms with Crippen LogP contribution in [0, 0.1) is 0 Å². The van der Waals surface area contributed by atoms with Gasteiger partial charge in [0.05, 0.1) is 24.5 Å². The zero-order valence-electron chi connectivity index (χ0n) is 13.2. The minimum Gasteiger partial charge on any atom is -0.497 e. The molecule has 0 saturated carbocycles. The average molecular weight is 303 g/mol. The average Bonchev–Trinajstić information content (AvgIpc) is 2.95. The van der Waals surface area contributed by atoms with Gasteiger partial charge in [0.15, 0.2) is 6.10 Å².